The summed E-state index contributed by atoms with van der Waals surface area (Å²) in [5, 5.41) is 3.16. The van der Waals surface area contributed by atoms with Crippen molar-refractivity contribution in [1.29, 1.82) is 0 Å². The van der Waals surface area contributed by atoms with Crippen LogP contribution in [0.1, 0.15) is 29.1 Å². The standard InChI is InChI=1S/C20H26N2O3S/c1-15-4-6-17(7-5-15)25-13-20-21-16(14-26-20)11-22-8-10-24-19(12-22)18-3-2-9-23-18/h4-7,14,18-19H,2-3,8-13H2,1H3. The molecule has 26 heavy (non-hydrogen) atoms. The van der Waals surface area contributed by atoms with Gasteiger partial charge in [0.05, 0.1) is 24.5 Å². The fraction of sp³-hybridized carbons (Fsp3) is 0.550. The maximum absolute atomic E-state index is 5.93. The Morgan fingerprint density at radius 3 is 2.85 bits per heavy atom. The molecular weight excluding hydrogens is 348 g/mol. The van der Waals surface area contributed by atoms with Gasteiger partial charge in [0.1, 0.15) is 17.4 Å². The van der Waals surface area contributed by atoms with E-state index in [4.69, 9.17) is 19.2 Å². The lowest BCUT2D eigenvalue weighted by Gasteiger charge is -2.35. The fourth-order valence-corrected chi connectivity index (χ4v) is 4.19. The van der Waals surface area contributed by atoms with Gasteiger partial charge < -0.3 is 14.2 Å². The van der Waals surface area contributed by atoms with E-state index in [1.165, 1.54) is 5.56 Å². The van der Waals surface area contributed by atoms with Crippen LogP contribution in [0, 0.1) is 6.92 Å². The summed E-state index contributed by atoms with van der Waals surface area (Å²) in [6.07, 6.45) is 2.75. The number of hydrogen-bond donors (Lipinski definition) is 0. The number of morpholine rings is 1. The van der Waals surface area contributed by atoms with Crippen LogP contribution in [0.25, 0.3) is 0 Å². The van der Waals surface area contributed by atoms with Crippen molar-refractivity contribution in [3.05, 3.63) is 45.9 Å². The number of ether oxygens (including phenoxy) is 3. The molecule has 2 aromatic rings. The summed E-state index contributed by atoms with van der Waals surface area (Å²) in [6, 6.07) is 8.13. The maximum Gasteiger partial charge on any atom is 0.140 e. The molecule has 140 valence electrons. The average Bonchev–Trinajstić information content (AvgIpc) is 3.34. The molecule has 0 spiro atoms. The Kier molecular flexibility index (Phi) is 5.84. The first-order valence-electron chi connectivity index (χ1n) is 9.34. The van der Waals surface area contributed by atoms with Crippen LogP contribution >= 0.6 is 11.3 Å². The van der Waals surface area contributed by atoms with Crippen molar-refractivity contribution >= 4 is 11.3 Å². The molecule has 1 aromatic carbocycles. The van der Waals surface area contributed by atoms with Crippen LogP contribution in [0.4, 0.5) is 0 Å². The Labute approximate surface area is 158 Å². The molecule has 2 unspecified atom stereocenters. The molecule has 2 fully saturated rings. The molecular formula is C20H26N2O3S. The molecule has 2 aliphatic rings. The van der Waals surface area contributed by atoms with E-state index in [0.29, 0.717) is 6.61 Å². The summed E-state index contributed by atoms with van der Waals surface area (Å²) in [7, 11) is 0. The van der Waals surface area contributed by atoms with Crippen molar-refractivity contribution in [2.45, 2.75) is 45.1 Å². The zero-order valence-corrected chi connectivity index (χ0v) is 16.0. The van der Waals surface area contributed by atoms with Crippen molar-refractivity contribution in [3.63, 3.8) is 0 Å². The van der Waals surface area contributed by atoms with Gasteiger partial charge in [0, 0.05) is 31.6 Å². The molecule has 1 aromatic heterocycles. The van der Waals surface area contributed by atoms with Gasteiger partial charge in [0.15, 0.2) is 0 Å². The van der Waals surface area contributed by atoms with E-state index in [2.05, 4.69) is 29.3 Å². The van der Waals surface area contributed by atoms with Gasteiger partial charge >= 0.3 is 0 Å². The first kappa shape index (κ1) is 17.9. The zero-order valence-electron chi connectivity index (χ0n) is 15.2. The lowest BCUT2D eigenvalue weighted by Crippen LogP contribution is -2.47. The second-order valence-electron chi connectivity index (χ2n) is 7.03. The lowest BCUT2D eigenvalue weighted by molar-refractivity contribution is -0.0961. The van der Waals surface area contributed by atoms with Crippen LogP contribution in [0.5, 0.6) is 5.75 Å². The van der Waals surface area contributed by atoms with E-state index in [-0.39, 0.29) is 12.2 Å². The van der Waals surface area contributed by atoms with Gasteiger partial charge in [-0.05, 0) is 31.9 Å². The lowest BCUT2D eigenvalue weighted by atomic mass is 10.1. The van der Waals surface area contributed by atoms with Crippen LogP contribution in [-0.4, -0.2) is 48.4 Å². The summed E-state index contributed by atoms with van der Waals surface area (Å²) in [4.78, 5) is 7.17. The number of nitrogens with zero attached hydrogens (tertiary/aromatic N) is 2. The van der Waals surface area contributed by atoms with Crippen molar-refractivity contribution < 1.29 is 14.2 Å². The molecule has 0 radical (unpaired) electrons. The SMILES string of the molecule is Cc1ccc(OCc2nc(CN3CCOC(C4CCCO4)C3)cs2)cc1. The van der Waals surface area contributed by atoms with E-state index in [0.717, 1.165) is 62.1 Å². The van der Waals surface area contributed by atoms with E-state index < -0.39 is 0 Å². The third-order valence-electron chi connectivity index (χ3n) is 4.93. The largest absolute Gasteiger partial charge is 0.486 e. The molecule has 0 bridgehead atoms. The van der Waals surface area contributed by atoms with Gasteiger partial charge in [-0.1, -0.05) is 17.7 Å². The second kappa shape index (κ2) is 8.48. The summed E-state index contributed by atoms with van der Waals surface area (Å²) in [5.41, 5.74) is 2.35. The molecule has 0 amide bonds. The predicted molar refractivity (Wildman–Crippen MR) is 102 cm³/mol. The smallest absolute Gasteiger partial charge is 0.140 e. The number of benzene rings is 1. The Hall–Kier alpha value is -1.47. The van der Waals surface area contributed by atoms with Crippen LogP contribution in [0.2, 0.25) is 0 Å². The highest BCUT2D eigenvalue weighted by molar-refractivity contribution is 7.09. The van der Waals surface area contributed by atoms with E-state index in [1.807, 2.05) is 12.1 Å². The fourth-order valence-electron chi connectivity index (χ4n) is 3.49. The molecule has 3 heterocycles. The summed E-state index contributed by atoms with van der Waals surface area (Å²) < 4.78 is 17.6. The highest BCUT2D eigenvalue weighted by Gasteiger charge is 2.31. The molecule has 0 saturated carbocycles. The van der Waals surface area contributed by atoms with Crippen LogP contribution in [0.3, 0.4) is 0 Å². The number of aryl methyl sites for hydroxylation is 1. The third kappa shape index (κ3) is 4.62. The van der Waals surface area contributed by atoms with Crippen LogP contribution in [-0.2, 0) is 22.6 Å². The molecule has 0 N–H and O–H groups in total. The third-order valence-corrected chi connectivity index (χ3v) is 5.80. The molecule has 6 heteroatoms. The monoisotopic (exact) mass is 374 g/mol. The van der Waals surface area contributed by atoms with E-state index in [1.54, 1.807) is 11.3 Å². The summed E-state index contributed by atoms with van der Waals surface area (Å²) in [5.74, 6) is 0.889. The van der Waals surface area contributed by atoms with Gasteiger partial charge in [-0.3, -0.25) is 4.90 Å². The van der Waals surface area contributed by atoms with Crippen LogP contribution in [0.15, 0.2) is 29.6 Å². The van der Waals surface area contributed by atoms with E-state index in [9.17, 15) is 0 Å². The normalized spacial score (nSPS) is 24.0. The molecule has 2 atom stereocenters. The predicted octanol–water partition coefficient (Wildman–Crippen LogP) is 3.41. The molecule has 5 nitrogen and oxygen atoms in total. The molecule has 2 saturated heterocycles. The minimum atomic E-state index is 0.203. The van der Waals surface area contributed by atoms with Gasteiger partial charge in [0.2, 0.25) is 0 Å². The Morgan fingerprint density at radius 2 is 2.04 bits per heavy atom. The van der Waals surface area contributed by atoms with Crippen molar-refractivity contribution in [3.8, 4) is 5.75 Å². The van der Waals surface area contributed by atoms with Crippen molar-refractivity contribution in [2.24, 2.45) is 0 Å². The van der Waals surface area contributed by atoms with Gasteiger partial charge in [-0.2, -0.15) is 0 Å². The number of thiazole rings is 1. The maximum atomic E-state index is 5.93. The highest BCUT2D eigenvalue weighted by atomic mass is 32.1. The highest BCUT2D eigenvalue weighted by Crippen LogP contribution is 2.22. The second-order valence-corrected chi connectivity index (χ2v) is 7.97. The number of hydrogen-bond acceptors (Lipinski definition) is 6. The Bertz CT molecular complexity index is 697. The molecule has 0 aliphatic carbocycles. The Balaban J connectivity index is 1.28. The molecule has 2 aliphatic heterocycles. The van der Waals surface area contributed by atoms with Crippen LogP contribution < -0.4 is 4.74 Å². The number of rotatable bonds is 6. The molecule has 4 rings (SSSR count). The Morgan fingerprint density at radius 1 is 1.19 bits per heavy atom. The minimum absolute atomic E-state index is 0.203. The zero-order chi connectivity index (χ0) is 17.8. The first-order chi connectivity index (χ1) is 12.8. The van der Waals surface area contributed by atoms with E-state index >= 15 is 0 Å². The first-order valence-corrected chi connectivity index (χ1v) is 10.2. The summed E-state index contributed by atoms with van der Waals surface area (Å²) in [6.45, 7) is 7.00. The van der Waals surface area contributed by atoms with Gasteiger partial charge in [-0.25, -0.2) is 4.98 Å². The van der Waals surface area contributed by atoms with Gasteiger partial charge in [-0.15, -0.1) is 11.3 Å². The minimum Gasteiger partial charge on any atom is -0.486 e. The van der Waals surface area contributed by atoms with Crippen molar-refractivity contribution in [1.82, 2.24) is 9.88 Å². The van der Waals surface area contributed by atoms with Crippen molar-refractivity contribution in [2.75, 3.05) is 26.3 Å². The quantitative estimate of drug-likeness (QED) is 0.775. The topological polar surface area (TPSA) is 43.8 Å². The van der Waals surface area contributed by atoms with Gasteiger partial charge in [0.25, 0.3) is 0 Å². The summed E-state index contributed by atoms with van der Waals surface area (Å²) >= 11 is 1.67. The number of aromatic nitrogens is 1. The average molecular weight is 375 g/mol.